The number of allylic oxidation sites excluding steroid dienone is 1. The molecule has 2 rings (SSSR count). The summed E-state index contributed by atoms with van der Waals surface area (Å²) in [5, 5.41) is 0. The molecule has 0 aromatic heterocycles. The normalized spacial score (nSPS) is 21.0. The van der Waals surface area contributed by atoms with Gasteiger partial charge >= 0.3 is 7.12 Å². The number of hydrogen-bond acceptors (Lipinski definition) is 2. The van der Waals surface area contributed by atoms with Crippen LogP contribution in [0, 0.1) is 6.92 Å². The quantitative estimate of drug-likeness (QED) is 0.744. The Kier molecular flexibility index (Phi) is 4.83. The topological polar surface area (TPSA) is 18.5 Å². The van der Waals surface area contributed by atoms with Crippen LogP contribution < -0.4 is 0 Å². The third-order valence-electron chi connectivity index (χ3n) is 4.72. The molecular weight excluding hydrogens is 278 g/mol. The summed E-state index contributed by atoms with van der Waals surface area (Å²) in [5.74, 6) is 0. The second-order valence-corrected chi connectivity index (χ2v) is 7.06. The molecule has 1 aromatic carbocycles. The maximum absolute atomic E-state index is 14.9. The van der Waals surface area contributed by atoms with Crippen molar-refractivity contribution in [3.05, 3.63) is 46.7 Å². The molecule has 1 aliphatic rings. The van der Waals surface area contributed by atoms with Gasteiger partial charge in [-0.25, -0.2) is 4.39 Å². The molecule has 2 nitrogen and oxygen atoms in total. The molecule has 0 spiro atoms. The molecule has 1 aliphatic heterocycles. The summed E-state index contributed by atoms with van der Waals surface area (Å²) in [5.41, 5.74) is 1.73. The molecule has 0 N–H and O–H groups in total. The Morgan fingerprint density at radius 3 is 2.23 bits per heavy atom. The van der Waals surface area contributed by atoms with E-state index in [9.17, 15) is 4.39 Å². The van der Waals surface area contributed by atoms with Gasteiger partial charge in [-0.05, 0) is 58.6 Å². The summed E-state index contributed by atoms with van der Waals surface area (Å²) in [7, 11) is -0.898. The van der Waals surface area contributed by atoms with Gasteiger partial charge in [0, 0.05) is 0 Å². The van der Waals surface area contributed by atoms with Crippen LogP contribution in [0.1, 0.15) is 52.2 Å². The first-order valence-corrected chi connectivity index (χ1v) is 7.95. The Morgan fingerprint density at radius 2 is 1.73 bits per heavy atom. The molecule has 0 aliphatic carbocycles. The van der Waals surface area contributed by atoms with Crippen LogP contribution in [0.3, 0.4) is 0 Å². The molecule has 0 bridgehead atoms. The van der Waals surface area contributed by atoms with Gasteiger partial charge in [-0.2, -0.15) is 0 Å². The van der Waals surface area contributed by atoms with Gasteiger partial charge < -0.3 is 9.31 Å². The number of rotatable bonds is 4. The zero-order valence-corrected chi connectivity index (χ0v) is 14.5. The van der Waals surface area contributed by atoms with Crippen LogP contribution in [0.25, 0.3) is 0 Å². The van der Waals surface area contributed by atoms with Crippen molar-refractivity contribution in [1.29, 1.82) is 0 Å². The van der Waals surface area contributed by atoms with E-state index in [1.54, 1.807) is 0 Å². The van der Waals surface area contributed by atoms with E-state index in [-0.39, 0.29) is 5.73 Å². The third kappa shape index (κ3) is 3.44. The zero-order valence-electron chi connectivity index (χ0n) is 14.5. The van der Waals surface area contributed by atoms with E-state index in [0.29, 0.717) is 12.8 Å². The molecule has 1 fully saturated rings. The van der Waals surface area contributed by atoms with Gasteiger partial charge in [-0.15, -0.1) is 0 Å². The molecule has 1 aromatic rings. The highest BCUT2D eigenvalue weighted by Crippen LogP contribution is 2.39. The first-order chi connectivity index (χ1) is 10.2. The molecule has 1 heterocycles. The largest absolute Gasteiger partial charge is 0.525 e. The maximum atomic E-state index is 14.9. The predicted molar refractivity (Wildman–Crippen MR) is 89.4 cm³/mol. The fourth-order valence-corrected chi connectivity index (χ4v) is 2.56. The highest BCUT2D eigenvalue weighted by molar-refractivity contribution is 6.53. The first kappa shape index (κ1) is 17.2. The van der Waals surface area contributed by atoms with Crippen molar-refractivity contribution in [2.75, 3.05) is 0 Å². The lowest BCUT2D eigenvalue weighted by atomic mass is 9.82. The Balaban J connectivity index is 2.23. The molecule has 120 valence electrons. The van der Waals surface area contributed by atoms with E-state index in [1.165, 1.54) is 5.56 Å². The number of halogens is 1. The Hall–Kier alpha value is -1.13. The average Bonchev–Trinajstić information content (AvgIpc) is 2.64. The highest BCUT2D eigenvalue weighted by Gasteiger charge is 2.53. The molecule has 0 atom stereocenters. The summed E-state index contributed by atoms with van der Waals surface area (Å²) in [4.78, 5) is 0. The van der Waals surface area contributed by atoms with E-state index in [2.05, 4.69) is 6.07 Å². The summed E-state index contributed by atoms with van der Waals surface area (Å²) >= 11 is 0. The minimum Gasteiger partial charge on any atom is -0.398 e. The Labute approximate surface area is 133 Å². The summed E-state index contributed by atoms with van der Waals surface area (Å²) in [6.07, 6.45) is 1.23. The fraction of sp³-hybridized carbons (Fsp3) is 0.556. The highest BCUT2D eigenvalue weighted by atomic mass is 19.1. The molecule has 0 unspecified atom stereocenters. The van der Waals surface area contributed by atoms with Gasteiger partial charge in [0.1, 0.15) is 5.73 Å². The van der Waals surface area contributed by atoms with Gasteiger partial charge in [0.15, 0.2) is 0 Å². The van der Waals surface area contributed by atoms with Crippen LogP contribution in [0.5, 0.6) is 0 Å². The van der Waals surface area contributed by atoms with E-state index < -0.39 is 18.3 Å². The lowest BCUT2D eigenvalue weighted by Crippen LogP contribution is -2.41. The second-order valence-electron chi connectivity index (χ2n) is 7.06. The number of hydrogen-bond donors (Lipinski definition) is 0. The second kappa shape index (κ2) is 6.17. The van der Waals surface area contributed by atoms with E-state index in [4.69, 9.17) is 9.31 Å². The number of benzene rings is 1. The van der Waals surface area contributed by atoms with Crippen LogP contribution in [0.2, 0.25) is 0 Å². The Morgan fingerprint density at radius 1 is 1.14 bits per heavy atom. The van der Waals surface area contributed by atoms with Gasteiger partial charge in [0.05, 0.1) is 11.2 Å². The summed E-state index contributed by atoms with van der Waals surface area (Å²) in [6, 6.07) is 8.17. The maximum Gasteiger partial charge on any atom is 0.525 e. The van der Waals surface area contributed by atoms with E-state index >= 15 is 0 Å². The van der Waals surface area contributed by atoms with Crippen LogP contribution >= 0.6 is 0 Å². The standard InChI is InChI=1S/C18H26BFO2/c1-7-15(12-14-10-8-9-13(2)11-14)16(20)19-21-17(3,4)18(5,6)22-19/h8-11H,7,12H2,1-6H3. The number of aryl methyl sites for hydroxylation is 1. The summed E-state index contributed by atoms with van der Waals surface area (Å²) < 4.78 is 26.5. The predicted octanol–water partition coefficient (Wildman–Crippen LogP) is 4.80. The van der Waals surface area contributed by atoms with Gasteiger partial charge in [0.25, 0.3) is 0 Å². The minimum absolute atomic E-state index is 0.275. The molecule has 0 radical (unpaired) electrons. The molecular formula is C18H26BFO2. The molecule has 22 heavy (non-hydrogen) atoms. The van der Waals surface area contributed by atoms with Crippen molar-refractivity contribution in [2.24, 2.45) is 0 Å². The first-order valence-electron chi connectivity index (χ1n) is 7.95. The van der Waals surface area contributed by atoms with Crippen molar-refractivity contribution < 1.29 is 13.7 Å². The van der Waals surface area contributed by atoms with Crippen molar-refractivity contribution in [2.45, 2.75) is 65.6 Å². The van der Waals surface area contributed by atoms with E-state index in [0.717, 1.165) is 11.1 Å². The van der Waals surface area contributed by atoms with Crippen LogP contribution in [-0.2, 0) is 15.7 Å². The third-order valence-corrected chi connectivity index (χ3v) is 4.72. The van der Waals surface area contributed by atoms with Crippen LogP contribution in [0.15, 0.2) is 35.6 Å². The van der Waals surface area contributed by atoms with Crippen molar-refractivity contribution >= 4 is 7.12 Å². The van der Waals surface area contributed by atoms with E-state index in [1.807, 2.05) is 59.7 Å². The molecule has 0 saturated carbocycles. The molecule has 0 amide bonds. The SMILES string of the molecule is CCC(Cc1cccc(C)c1)=C(F)B1OC(C)(C)C(C)(C)O1. The van der Waals surface area contributed by atoms with Crippen LogP contribution in [0.4, 0.5) is 4.39 Å². The van der Waals surface area contributed by atoms with Crippen molar-refractivity contribution in [3.63, 3.8) is 0 Å². The van der Waals surface area contributed by atoms with Crippen molar-refractivity contribution in [3.8, 4) is 0 Å². The molecule has 1 saturated heterocycles. The van der Waals surface area contributed by atoms with Gasteiger partial charge in [-0.1, -0.05) is 36.8 Å². The fourth-order valence-electron chi connectivity index (χ4n) is 2.56. The van der Waals surface area contributed by atoms with Crippen molar-refractivity contribution in [1.82, 2.24) is 0 Å². The molecule has 4 heteroatoms. The smallest absolute Gasteiger partial charge is 0.398 e. The lowest BCUT2D eigenvalue weighted by molar-refractivity contribution is 0.00578. The van der Waals surface area contributed by atoms with Gasteiger partial charge in [-0.3, -0.25) is 0 Å². The lowest BCUT2D eigenvalue weighted by Gasteiger charge is -2.32. The van der Waals surface area contributed by atoms with Crippen LogP contribution in [-0.4, -0.2) is 18.3 Å². The van der Waals surface area contributed by atoms with Gasteiger partial charge in [0.2, 0.25) is 0 Å². The zero-order chi connectivity index (χ0) is 16.5. The Bertz CT molecular complexity index is 562. The average molecular weight is 304 g/mol. The minimum atomic E-state index is -0.898. The summed E-state index contributed by atoms with van der Waals surface area (Å²) in [6.45, 7) is 11.8. The monoisotopic (exact) mass is 304 g/mol.